The molecule has 0 saturated carbocycles. The third kappa shape index (κ3) is 2.48. The normalized spacial score (nSPS) is 10.9. The van der Waals surface area contributed by atoms with E-state index in [1.807, 2.05) is 36.4 Å². The quantitative estimate of drug-likeness (QED) is 0.596. The molecule has 24 heavy (non-hydrogen) atoms. The van der Waals surface area contributed by atoms with Gasteiger partial charge in [0.25, 0.3) is 5.56 Å². The van der Waals surface area contributed by atoms with Crippen molar-refractivity contribution in [2.75, 3.05) is 0 Å². The monoisotopic (exact) mass is 316 g/mol. The van der Waals surface area contributed by atoms with Gasteiger partial charge in [0, 0.05) is 11.1 Å². The standard InChI is InChI=1S/C20H13FN2O/c21-17-12-14(10-11-15(17)13-6-2-1-3-7-13)19-22-18-9-5-4-8-16(18)20(24)23-19/h1-12H,(H,22,23,24). The zero-order chi connectivity index (χ0) is 16.5. The molecule has 0 aliphatic carbocycles. The molecule has 3 aromatic carbocycles. The van der Waals surface area contributed by atoms with E-state index in [9.17, 15) is 9.18 Å². The first-order valence-corrected chi connectivity index (χ1v) is 7.57. The van der Waals surface area contributed by atoms with Gasteiger partial charge in [0.15, 0.2) is 0 Å². The van der Waals surface area contributed by atoms with E-state index < -0.39 is 0 Å². The number of aromatic amines is 1. The van der Waals surface area contributed by atoms with Crippen molar-refractivity contribution in [3.05, 3.63) is 89.0 Å². The second-order valence-electron chi connectivity index (χ2n) is 5.49. The zero-order valence-corrected chi connectivity index (χ0v) is 12.7. The van der Waals surface area contributed by atoms with Gasteiger partial charge in [0.1, 0.15) is 11.6 Å². The average molecular weight is 316 g/mol. The molecule has 0 aliphatic rings. The molecule has 0 radical (unpaired) electrons. The van der Waals surface area contributed by atoms with Crippen LogP contribution in [0, 0.1) is 5.82 Å². The second-order valence-corrected chi connectivity index (χ2v) is 5.49. The van der Waals surface area contributed by atoms with Gasteiger partial charge < -0.3 is 4.98 Å². The molecule has 1 N–H and O–H groups in total. The molecular formula is C20H13FN2O. The largest absolute Gasteiger partial charge is 0.306 e. The molecule has 0 amide bonds. The van der Waals surface area contributed by atoms with E-state index in [-0.39, 0.29) is 11.4 Å². The Labute approximate surface area is 137 Å². The number of nitrogens with zero attached hydrogens (tertiary/aromatic N) is 1. The predicted molar refractivity (Wildman–Crippen MR) is 93.2 cm³/mol. The number of rotatable bonds is 2. The Morgan fingerprint density at radius 1 is 0.833 bits per heavy atom. The maximum atomic E-state index is 14.5. The molecule has 0 aliphatic heterocycles. The number of para-hydroxylation sites is 1. The van der Waals surface area contributed by atoms with Crippen LogP contribution in [0.3, 0.4) is 0 Å². The lowest BCUT2D eigenvalue weighted by Crippen LogP contribution is -2.09. The van der Waals surface area contributed by atoms with E-state index in [1.54, 1.807) is 30.3 Å². The molecule has 4 rings (SSSR count). The van der Waals surface area contributed by atoms with E-state index in [2.05, 4.69) is 9.97 Å². The Bertz CT molecular complexity index is 1090. The molecule has 0 saturated heterocycles. The molecule has 0 bridgehead atoms. The SMILES string of the molecule is O=c1[nH]c(-c2ccc(-c3ccccc3)c(F)c2)nc2ccccc12. The summed E-state index contributed by atoms with van der Waals surface area (Å²) in [6, 6.07) is 21.3. The van der Waals surface area contributed by atoms with Crippen LogP contribution >= 0.6 is 0 Å². The highest BCUT2D eigenvalue weighted by Crippen LogP contribution is 2.26. The minimum atomic E-state index is -0.352. The van der Waals surface area contributed by atoms with Crippen molar-refractivity contribution in [2.24, 2.45) is 0 Å². The van der Waals surface area contributed by atoms with Crippen LogP contribution < -0.4 is 5.56 Å². The van der Waals surface area contributed by atoms with E-state index >= 15 is 0 Å². The Hall–Kier alpha value is -3.27. The van der Waals surface area contributed by atoms with Gasteiger partial charge >= 0.3 is 0 Å². The molecule has 1 aromatic heterocycles. The van der Waals surface area contributed by atoms with Gasteiger partial charge in [-0.1, -0.05) is 54.6 Å². The Morgan fingerprint density at radius 3 is 2.38 bits per heavy atom. The van der Waals surface area contributed by atoms with Crippen molar-refractivity contribution in [1.29, 1.82) is 0 Å². The minimum absolute atomic E-state index is 0.233. The molecule has 116 valence electrons. The van der Waals surface area contributed by atoms with Crippen LogP contribution in [-0.2, 0) is 0 Å². The Balaban J connectivity index is 1.83. The molecule has 1 heterocycles. The van der Waals surface area contributed by atoms with Crippen LogP contribution in [0.15, 0.2) is 77.6 Å². The van der Waals surface area contributed by atoms with Crippen molar-refractivity contribution in [1.82, 2.24) is 9.97 Å². The van der Waals surface area contributed by atoms with Gasteiger partial charge in [-0.25, -0.2) is 9.37 Å². The number of fused-ring (bicyclic) bond motifs is 1. The second kappa shape index (κ2) is 5.74. The molecule has 0 spiro atoms. The van der Waals surface area contributed by atoms with Gasteiger partial charge in [-0.3, -0.25) is 4.79 Å². The van der Waals surface area contributed by atoms with Crippen molar-refractivity contribution in [3.8, 4) is 22.5 Å². The first-order chi connectivity index (χ1) is 11.7. The summed E-state index contributed by atoms with van der Waals surface area (Å²) < 4.78 is 14.5. The molecule has 3 nitrogen and oxygen atoms in total. The van der Waals surface area contributed by atoms with E-state index in [0.29, 0.717) is 27.9 Å². The highest BCUT2D eigenvalue weighted by atomic mass is 19.1. The summed E-state index contributed by atoms with van der Waals surface area (Å²) in [5.41, 5.74) is 2.21. The molecule has 4 heteroatoms. The van der Waals surface area contributed by atoms with Crippen LogP contribution in [0.5, 0.6) is 0 Å². The first-order valence-electron chi connectivity index (χ1n) is 7.57. The maximum Gasteiger partial charge on any atom is 0.259 e. The number of benzene rings is 3. The number of aromatic nitrogens is 2. The number of halogens is 1. The lowest BCUT2D eigenvalue weighted by atomic mass is 10.0. The average Bonchev–Trinajstić information content (AvgIpc) is 2.62. The zero-order valence-electron chi connectivity index (χ0n) is 12.7. The van der Waals surface area contributed by atoms with Crippen molar-refractivity contribution in [3.63, 3.8) is 0 Å². The summed E-state index contributed by atoms with van der Waals surface area (Å²) in [5.74, 6) is 0.00622. The smallest absolute Gasteiger partial charge is 0.259 e. The number of hydrogen-bond donors (Lipinski definition) is 1. The van der Waals surface area contributed by atoms with Gasteiger partial charge in [0.2, 0.25) is 0 Å². The van der Waals surface area contributed by atoms with Crippen LogP contribution in [0.4, 0.5) is 4.39 Å². The van der Waals surface area contributed by atoms with Crippen LogP contribution in [0.2, 0.25) is 0 Å². The topological polar surface area (TPSA) is 45.8 Å². The summed E-state index contributed by atoms with van der Waals surface area (Å²) in [7, 11) is 0. The number of hydrogen-bond acceptors (Lipinski definition) is 2. The van der Waals surface area contributed by atoms with Crippen molar-refractivity contribution in [2.45, 2.75) is 0 Å². The third-order valence-corrected chi connectivity index (χ3v) is 3.94. The Kier molecular flexibility index (Phi) is 3.43. The lowest BCUT2D eigenvalue weighted by Gasteiger charge is -2.07. The highest BCUT2D eigenvalue weighted by molar-refractivity contribution is 5.79. The summed E-state index contributed by atoms with van der Waals surface area (Å²) in [6.45, 7) is 0. The highest BCUT2D eigenvalue weighted by Gasteiger charge is 2.10. The first kappa shape index (κ1) is 14.3. The number of H-pyrrole nitrogens is 1. The fourth-order valence-electron chi connectivity index (χ4n) is 2.74. The molecular weight excluding hydrogens is 303 g/mol. The summed E-state index contributed by atoms with van der Waals surface area (Å²) >= 11 is 0. The molecule has 0 fully saturated rings. The Morgan fingerprint density at radius 2 is 1.58 bits per heavy atom. The fraction of sp³-hybridized carbons (Fsp3) is 0. The van der Waals surface area contributed by atoms with Gasteiger partial charge in [-0.15, -0.1) is 0 Å². The minimum Gasteiger partial charge on any atom is -0.306 e. The van der Waals surface area contributed by atoms with Crippen molar-refractivity contribution >= 4 is 10.9 Å². The van der Waals surface area contributed by atoms with E-state index in [1.165, 1.54) is 6.07 Å². The molecule has 4 aromatic rings. The molecule has 0 unspecified atom stereocenters. The maximum absolute atomic E-state index is 14.5. The van der Waals surface area contributed by atoms with Gasteiger partial charge in [-0.05, 0) is 23.8 Å². The van der Waals surface area contributed by atoms with Crippen LogP contribution in [0.25, 0.3) is 33.4 Å². The lowest BCUT2D eigenvalue weighted by molar-refractivity contribution is 0.631. The van der Waals surface area contributed by atoms with Gasteiger partial charge in [0.05, 0.1) is 10.9 Å². The van der Waals surface area contributed by atoms with Crippen LogP contribution in [0.1, 0.15) is 0 Å². The van der Waals surface area contributed by atoms with E-state index in [0.717, 1.165) is 5.56 Å². The summed E-state index contributed by atoms with van der Waals surface area (Å²) in [5, 5.41) is 0.516. The van der Waals surface area contributed by atoms with Crippen molar-refractivity contribution < 1.29 is 4.39 Å². The third-order valence-electron chi connectivity index (χ3n) is 3.94. The summed E-state index contributed by atoms with van der Waals surface area (Å²) in [6.07, 6.45) is 0. The fourth-order valence-corrected chi connectivity index (χ4v) is 2.74. The molecule has 0 atom stereocenters. The predicted octanol–water partition coefficient (Wildman–Crippen LogP) is 4.40. The van der Waals surface area contributed by atoms with E-state index in [4.69, 9.17) is 0 Å². The van der Waals surface area contributed by atoms with Gasteiger partial charge in [-0.2, -0.15) is 0 Å². The number of nitrogens with one attached hydrogen (secondary N) is 1. The summed E-state index contributed by atoms with van der Waals surface area (Å²) in [4.78, 5) is 19.3. The van der Waals surface area contributed by atoms with Crippen LogP contribution in [-0.4, -0.2) is 9.97 Å².